The van der Waals surface area contributed by atoms with Crippen molar-refractivity contribution in [2.75, 3.05) is 0 Å². The zero-order chi connectivity index (χ0) is 18.8. The highest BCUT2D eigenvalue weighted by Gasteiger charge is 2.23. The average Bonchev–Trinajstić information content (AvgIpc) is 3.40. The summed E-state index contributed by atoms with van der Waals surface area (Å²) >= 11 is 1.63. The van der Waals surface area contributed by atoms with Gasteiger partial charge in [0.15, 0.2) is 5.82 Å². The van der Waals surface area contributed by atoms with Crippen LogP contribution in [-0.2, 0) is 6.54 Å². The molecule has 1 aromatic carbocycles. The fourth-order valence-corrected chi connectivity index (χ4v) is 3.75. The fourth-order valence-electron chi connectivity index (χ4n) is 3.10. The first-order chi connectivity index (χ1) is 13.1. The Morgan fingerprint density at radius 2 is 1.93 bits per heavy atom. The van der Waals surface area contributed by atoms with Crippen LogP contribution >= 0.6 is 11.3 Å². The SMILES string of the molecule is Cc1cccc(-n2nc(C)c(C(=O)NCc3cccs3)c2-n2cccc2)c1. The minimum Gasteiger partial charge on any atom is -0.347 e. The lowest BCUT2D eigenvalue weighted by molar-refractivity contribution is 0.0950. The molecule has 3 heterocycles. The van der Waals surface area contributed by atoms with E-state index in [9.17, 15) is 4.79 Å². The van der Waals surface area contributed by atoms with Crippen LogP contribution < -0.4 is 5.32 Å². The predicted octanol–water partition coefficient (Wildman–Crippen LogP) is 4.27. The number of rotatable bonds is 5. The first kappa shape index (κ1) is 17.3. The molecule has 4 aromatic rings. The van der Waals surface area contributed by atoms with Crippen molar-refractivity contribution in [1.82, 2.24) is 19.7 Å². The Labute approximate surface area is 161 Å². The van der Waals surface area contributed by atoms with E-state index in [0.717, 1.165) is 21.9 Å². The molecular weight excluding hydrogens is 356 g/mol. The zero-order valence-electron chi connectivity index (χ0n) is 15.2. The molecule has 0 bridgehead atoms. The number of carbonyl (C=O) groups excluding carboxylic acids is 1. The smallest absolute Gasteiger partial charge is 0.257 e. The molecule has 0 aliphatic rings. The quantitative estimate of drug-likeness (QED) is 0.565. The van der Waals surface area contributed by atoms with Crippen molar-refractivity contribution < 1.29 is 4.79 Å². The Morgan fingerprint density at radius 1 is 1.11 bits per heavy atom. The van der Waals surface area contributed by atoms with Crippen molar-refractivity contribution in [2.45, 2.75) is 20.4 Å². The van der Waals surface area contributed by atoms with Gasteiger partial charge >= 0.3 is 0 Å². The third kappa shape index (κ3) is 3.44. The molecule has 0 fully saturated rings. The van der Waals surface area contributed by atoms with Crippen LogP contribution in [0.25, 0.3) is 11.5 Å². The van der Waals surface area contributed by atoms with Crippen molar-refractivity contribution in [3.8, 4) is 11.5 Å². The second-order valence-electron chi connectivity index (χ2n) is 6.39. The van der Waals surface area contributed by atoms with Gasteiger partial charge in [0.1, 0.15) is 5.56 Å². The summed E-state index contributed by atoms with van der Waals surface area (Å²) in [5, 5.41) is 9.71. The highest BCUT2D eigenvalue weighted by Crippen LogP contribution is 2.24. The molecule has 0 atom stereocenters. The highest BCUT2D eigenvalue weighted by molar-refractivity contribution is 7.09. The van der Waals surface area contributed by atoms with E-state index in [1.807, 2.05) is 83.3 Å². The second kappa shape index (κ2) is 7.25. The first-order valence-electron chi connectivity index (χ1n) is 8.74. The molecule has 0 radical (unpaired) electrons. The molecule has 4 rings (SSSR count). The van der Waals surface area contributed by atoms with Gasteiger partial charge in [-0.15, -0.1) is 11.3 Å². The topological polar surface area (TPSA) is 51.9 Å². The Morgan fingerprint density at radius 3 is 2.63 bits per heavy atom. The number of thiophene rings is 1. The van der Waals surface area contributed by atoms with Crippen molar-refractivity contribution in [3.63, 3.8) is 0 Å². The largest absolute Gasteiger partial charge is 0.347 e. The number of aromatic nitrogens is 3. The van der Waals surface area contributed by atoms with Gasteiger partial charge in [0, 0.05) is 17.3 Å². The van der Waals surface area contributed by atoms with E-state index >= 15 is 0 Å². The third-order valence-electron chi connectivity index (χ3n) is 4.36. The Kier molecular flexibility index (Phi) is 4.64. The first-order valence-corrected chi connectivity index (χ1v) is 9.62. The van der Waals surface area contributed by atoms with Gasteiger partial charge < -0.3 is 9.88 Å². The summed E-state index contributed by atoms with van der Waals surface area (Å²) in [6, 6.07) is 16.0. The maximum atomic E-state index is 13.0. The van der Waals surface area contributed by atoms with E-state index in [0.29, 0.717) is 17.8 Å². The van der Waals surface area contributed by atoms with Crippen LogP contribution in [0.1, 0.15) is 26.5 Å². The maximum Gasteiger partial charge on any atom is 0.257 e. The normalized spacial score (nSPS) is 10.9. The molecule has 6 heteroatoms. The van der Waals surface area contributed by atoms with Crippen molar-refractivity contribution in [3.05, 3.63) is 88.0 Å². The van der Waals surface area contributed by atoms with Gasteiger partial charge in [0.2, 0.25) is 0 Å². The number of nitrogens with zero attached hydrogens (tertiary/aromatic N) is 3. The molecule has 0 aliphatic heterocycles. The van der Waals surface area contributed by atoms with Gasteiger partial charge in [-0.3, -0.25) is 4.79 Å². The summed E-state index contributed by atoms with van der Waals surface area (Å²) in [4.78, 5) is 14.1. The van der Waals surface area contributed by atoms with Gasteiger partial charge in [0.25, 0.3) is 5.91 Å². The van der Waals surface area contributed by atoms with E-state index in [-0.39, 0.29) is 5.91 Å². The van der Waals surface area contributed by atoms with E-state index in [1.165, 1.54) is 0 Å². The minimum atomic E-state index is -0.122. The van der Waals surface area contributed by atoms with Crippen LogP contribution in [0.2, 0.25) is 0 Å². The standard InChI is InChI=1S/C21H20N4OS/c1-15-7-5-8-17(13-15)25-21(24-10-3-4-11-24)19(16(2)23-25)20(26)22-14-18-9-6-12-27-18/h3-13H,14H2,1-2H3,(H,22,26). The number of hydrogen-bond donors (Lipinski definition) is 1. The van der Waals surface area contributed by atoms with Gasteiger partial charge in [-0.1, -0.05) is 18.2 Å². The molecule has 0 spiro atoms. The minimum absolute atomic E-state index is 0.122. The van der Waals surface area contributed by atoms with Crippen LogP contribution in [0, 0.1) is 13.8 Å². The summed E-state index contributed by atoms with van der Waals surface area (Å²) in [6.07, 6.45) is 3.86. The maximum absolute atomic E-state index is 13.0. The lowest BCUT2D eigenvalue weighted by Gasteiger charge is -2.11. The summed E-state index contributed by atoms with van der Waals surface area (Å²) in [6.45, 7) is 4.43. The van der Waals surface area contributed by atoms with Crippen molar-refractivity contribution in [2.24, 2.45) is 0 Å². The molecule has 27 heavy (non-hydrogen) atoms. The van der Waals surface area contributed by atoms with E-state index in [2.05, 4.69) is 16.5 Å². The van der Waals surface area contributed by atoms with Crippen LogP contribution in [0.4, 0.5) is 0 Å². The molecular formula is C21H20N4OS. The summed E-state index contributed by atoms with van der Waals surface area (Å²) < 4.78 is 3.77. The van der Waals surface area contributed by atoms with Crippen LogP contribution in [0.5, 0.6) is 0 Å². The number of hydrogen-bond acceptors (Lipinski definition) is 3. The Hall–Kier alpha value is -3.12. The third-order valence-corrected chi connectivity index (χ3v) is 5.24. The summed E-state index contributed by atoms with van der Waals surface area (Å²) in [7, 11) is 0. The lowest BCUT2D eigenvalue weighted by Crippen LogP contribution is -2.24. The number of benzene rings is 1. The monoisotopic (exact) mass is 376 g/mol. The Bertz CT molecular complexity index is 1060. The molecule has 0 aliphatic carbocycles. The van der Waals surface area contributed by atoms with Gasteiger partial charge in [-0.2, -0.15) is 5.10 Å². The van der Waals surface area contributed by atoms with Crippen LogP contribution in [0.3, 0.4) is 0 Å². The predicted molar refractivity (Wildman–Crippen MR) is 108 cm³/mol. The molecule has 1 amide bonds. The summed E-state index contributed by atoms with van der Waals surface area (Å²) in [5.41, 5.74) is 3.36. The summed E-state index contributed by atoms with van der Waals surface area (Å²) in [5.74, 6) is 0.621. The number of aryl methyl sites for hydroxylation is 2. The average molecular weight is 376 g/mol. The van der Waals surface area contributed by atoms with Crippen LogP contribution in [0.15, 0.2) is 66.3 Å². The van der Waals surface area contributed by atoms with E-state index < -0.39 is 0 Å². The van der Waals surface area contributed by atoms with Gasteiger partial charge in [0.05, 0.1) is 17.9 Å². The molecule has 1 N–H and O–H groups in total. The molecule has 5 nitrogen and oxygen atoms in total. The highest BCUT2D eigenvalue weighted by atomic mass is 32.1. The number of amides is 1. The molecule has 136 valence electrons. The fraction of sp³-hybridized carbons (Fsp3) is 0.143. The Balaban J connectivity index is 1.78. The molecule has 0 saturated carbocycles. The zero-order valence-corrected chi connectivity index (χ0v) is 16.0. The van der Waals surface area contributed by atoms with Crippen LogP contribution in [-0.4, -0.2) is 20.3 Å². The number of carbonyl (C=O) groups is 1. The number of nitrogens with one attached hydrogen (secondary N) is 1. The van der Waals surface area contributed by atoms with E-state index in [4.69, 9.17) is 0 Å². The van der Waals surface area contributed by atoms with Crippen molar-refractivity contribution in [1.29, 1.82) is 0 Å². The lowest BCUT2D eigenvalue weighted by atomic mass is 10.2. The van der Waals surface area contributed by atoms with Gasteiger partial charge in [-0.25, -0.2) is 4.68 Å². The molecule has 0 unspecified atom stereocenters. The molecule has 3 aromatic heterocycles. The van der Waals surface area contributed by atoms with Gasteiger partial charge in [-0.05, 0) is 55.1 Å². The van der Waals surface area contributed by atoms with E-state index in [1.54, 1.807) is 11.3 Å². The molecule has 0 saturated heterocycles. The second-order valence-corrected chi connectivity index (χ2v) is 7.42. The van der Waals surface area contributed by atoms with Crippen molar-refractivity contribution >= 4 is 17.2 Å².